The summed E-state index contributed by atoms with van der Waals surface area (Å²) in [5, 5.41) is 3.20. The SMILES string of the molecule is C=C(C)CCN1CCNC(COc2ccc(S(=O)(=O)C3CN(C)C3)cc2)C1. The molecule has 0 aliphatic carbocycles. The molecule has 2 aliphatic rings. The molecule has 2 saturated heterocycles. The van der Waals surface area contributed by atoms with Crippen LogP contribution < -0.4 is 10.1 Å². The van der Waals surface area contributed by atoms with Crippen LogP contribution in [0.1, 0.15) is 13.3 Å². The van der Waals surface area contributed by atoms with Crippen molar-refractivity contribution in [3.8, 4) is 5.75 Å². The van der Waals surface area contributed by atoms with Crippen LogP contribution in [0.5, 0.6) is 5.75 Å². The Morgan fingerprint density at radius 2 is 1.96 bits per heavy atom. The maximum Gasteiger partial charge on any atom is 0.183 e. The lowest BCUT2D eigenvalue weighted by Crippen LogP contribution is -2.53. The Bertz CT molecular complexity index is 742. The number of nitrogens with zero attached hydrogens (tertiary/aromatic N) is 2. The van der Waals surface area contributed by atoms with Crippen molar-refractivity contribution in [1.29, 1.82) is 0 Å². The lowest BCUT2D eigenvalue weighted by atomic mass is 10.2. The number of hydrogen-bond donors (Lipinski definition) is 1. The highest BCUT2D eigenvalue weighted by atomic mass is 32.2. The van der Waals surface area contributed by atoms with Crippen molar-refractivity contribution in [1.82, 2.24) is 15.1 Å². The Kier molecular flexibility index (Phi) is 6.57. The van der Waals surface area contributed by atoms with Crippen LogP contribution in [0.2, 0.25) is 0 Å². The topological polar surface area (TPSA) is 61.9 Å². The molecule has 0 spiro atoms. The summed E-state index contributed by atoms with van der Waals surface area (Å²) in [7, 11) is -1.30. The van der Waals surface area contributed by atoms with E-state index in [-0.39, 0.29) is 11.3 Å². The van der Waals surface area contributed by atoms with Gasteiger partial charge in [0.25, 0.3) is 0 Å². The van der Waals surface area contributed by atoms with Gasteiger partial charge in [0.15, 0.2) is 9.84 Å². The van der Waals surface area contributed by atoms with Crippen molar-refractivity contribution in [2.75, 3.05) is 52.9 Å². The van der Waals surface area contributed by atoms with Gasteiger partial charge in [0.1, 0.15) is 12.4 Å². The molecule has 0 radical (unpaired) electrons. The summed E-state index contributed by atoms with van der Waals surface area (Å²) in [6, 6.07) is 7.12. The van der Waals surface area contributed by atoms with Crippen LogP contribution in [0.25, 0.3) is 0 Å². The monoisotopic (exact) mass is 393 g/mol. The number of ether oxygens (including phenoxy) is 1. The Balaban J connectivity index is 1.49. The Labute approximate surface area is 163 Å². The number of sulfone groups is 1. The summed E-state index contributed by atoms with van der Waals surface area (Å²) >= 11 is 0. The van der Waals surface area contributed by atoms with Gasteiger partial charge in [-0.2, -0.15) is 0 Å². The number of likely N-dealkylation sites (tertiary alicyclic amines) is 1. The van der Waals surface area contributed by atoms with Gasteiger partial charge >= 0.3 is 0 Å². The Hall–Kier alpha value is -1.41. The van der Waals surface area contributed by atoms with Gasteiger partial charge in [-0.05, 0) is 44.7 Å². The average Bonchev–Trinajstić information content (AvgIpc) is 2.63. The van der Waals surface area contributed by atoms with E-state index in [1.807, 2.05) is 11.9 Å². The summed E-state index contributed by atoms with van der Waals surface area (Å²) in [6.07, 6.45) is 1.03. The normalized spacial score (nSPS) is 22.4. The first-order chi connectivity index (χ1) is 12.8. The van der Waals surface area contributed by atoms with Crippen molar-refractivity contribution >= 4 is 9.84 Å². The van der Waals surface area contributed by atoms with E-state index < -0.39 is 9.84 Å². The number of rotatable bonds is 8. The van der Waals surface area contributed by atoms with Crippen LogP contribution in [0.4, 0.5) is 0 Å². The highest BCUT2D eigenvalue weighted by Gasteiger charge is 2.36. The van der Waals surface area contributed by atoms with Gasteiger partial charge in [0.2, 0.25) is 0 Å². The van der Waals surface area contributed by atoms with Crippen molar-refractivity contribution in [3.63, 3.8) is 0 Å². The van der Waals surface area contributed by atoms with Crippen molar-refractivity contribution < 1.29 is 13.2 Å². The standard InChI is InChI=1S/C20H31N3O3S/c1-16(2)8-10-23-11-9-21-17(12-23)15-26-18-4-6-19(7-5-18)27(24,25)20-13-22(3)14-20/h4-7,17,20-21H,1,8-15H2,2-3H3. The third-order valence-electron chi connectivity index (χ3n) is 5.27. The number of piperazine rings is 1. The fourth-order valence-electron chi connectivity index (χ4n) is 3.51. The lowest BCUT2D eigenvalue weighted by Gasteiger charge is -2.35. The molecule has 0 saturated carbocycles. The molecule has 2 aliphatic heterocycles. The minimum atomic E-state index is -3.23. The molecule has 1 N–H and O–H groups in total. The van der Waals surface area contributed by atoms with Crippen molar-refractivity contribution in [2.45, 2.75) is 29.5 Å². The second-order valence-corrected chi connectivity index (χ2v) is 10.1. The summed E-state index contributed by atoms with van der Waals surface area (Å²) in [4.78, 5) is 4.83. The van der Waals surface area contributed by atoms with E-state index in [0.29, 0.717) is 30.3 Å². The van der Waals surface area contributed by atoms with E-state index in [2.05, 4.69) is 23.7 Å². The van der Waals surface area contributed by atoms with Crippen LogP contribution in [0, 0.1) is 0 Å². The second kappa shape index (κ2) is 8.73. The maximum atomic E-state index is 12.5. The fraction of sp³-hybridized carbons (Fsp3) is 0.600. The molecule has 2 fully saturated rings. The molecule has 6 nitrogen and oxygen atoms in total. The van der Waals surface area contributed by atoms with Gasteiger partial charge in [-0.25, -0.2) is 8.42 Å². The van der Waals surface area contributed by atoms with Crippen molar-refractivity contribution in [3.05, 3.63) is 36.4 Å². The largest absolute Gasteiger partial charge is 0.492 e. The van der Waals surface area contributed by atoms with Gasteiger partial charge in [-0.3, -0.25) is 0 Å². The van der Waals surface area contributed by atoms with Crippen LogP contribution in [0.3, 0.4) is 0 Å². The molecule has 2 heterocycles. The molecule has 27 heavy (non-hydrogen) atoms. The summed E-state index contributed by atoms with van der Waals surface area (Å²) in [6.45, 7) is 11.8. The zero-order valence-electron chi connectivity index (χ0n) is 16.4. The third kappa shape index (κ3) is 5.31. The molecular weight excluding hydrogens is 362 g/mol. The molecule has 1 unspecified atom stereocenters. The summed E-state index contributed by atoms with van der Waals surface area (Å²) in [5.74, 6) is 0.709. The number of hydrogen-bond acceptors (Lipinski definition) is 6. The molecule has 0 aromatic heterocycles. The zero-order chi connectivity index (χ0) is 19.4. The maximum absolute atomic E-state index is 12.5. The smallest absolute Gasteiger partial charge is 0.183 e. The molecular formula is C20H31N3O3S. The van der Waals surface area contributed by atoms with Gasteiger partial charge < -0.3 is 19.9 Å². The second-order valence-electron chi connectivity index (χ2n) is 7.83. The van der Waals surface area contributed by atoms with E-state index >= 15 is 0 Å². The predicted molar refractivity (Wildman–Crippen MR) is 108 cm³/mol. The molecule has 0 bridgehead atoms. The third-order valence-corrected chi connectivity index (χ3v) is 7.37. The van der Waals surface area contributed by atoms with Gasteiger partial charge in [-0.1, -0.05) is 5.57 Å². The van der Waals surface area contributed by atoms with E-state index in [1.165, 1.54) is 5.57 Å². The highest BCUT2D eigenvalue weighted by Crippen LogP contribution is 2.24. The van der Waals surface area contributed by atoms with Gasteiger partial charge in [0.05, 0.1) is 16.2 Å². The van der Waals surface area contributed by atoms with E-state index in [9.17, 15) is 8.42 Å². The first-order valence-electron chi connectivity index (χ1n) is 9.60. The summed E-state index contributed by atoms with van der Waals surface area (Å²) < 4.78 is 31.0. The molecule has 150 valence electrons. The lowest BCUT2D eigenvalue weighted by molar-refractivity contribution is 0.159. The Morgan fingerprint density at radius 1 is 1.26 bits per heavy atom. The van der Waals surface area contributed by atoms with Gasteiger partial charge in [0, 0.05) is 39.3 Å². The molecule has 3 rings (SSSR count). The highest BCUT2D eigenvalue weighted by molar-refractivity contribution is 7.92. The number of nitrogens with one attached hydrogen (secondary N) is 1. The van der Waals surface area contributed by atoms with Crippen LogP contribution in [-0.4, -0.2) is 82.4 Å². The van der Waals surface area contributed by atoms with E-state index in [0.717, 1.165) is 32.6 Å². The summed E-state index contributed by atoms with van der Waals surface area (Å²) in [5.41, 5.74) is 1.21. The molecule has 0 amide bonds. The Morgan fingerprint density at radius 3 is 2.59 bits per heavy atom. The molecule has 1 aromatic carbocycles. The van der Waals surface area contributed by atoms with E-state index in [1.54, 1.807) is 24.3 Å². The van der Waals surface area contributed by atoms with Crippen LogP contribution in [0.15, 0.2) is 41.3 Å². The molecule has 1 aromatic rings. The quantitative estimate of drug-likeness (QED) is 0.674. The molecule has 1 atom stereocenters. The average molecular weight is 394 g/mol. The van der Waals surface area contributed by atoms with Crippen molar-refractivity contribution in [2.24, 2.45) is 0 Å². The predicted octanol–water partition coefficient (Wildman–Crippen LogP) is 1.39. The van der Waals surface area contributed by atoms with Crippen LogP contribution >= 0.6 is 0 Å². The minimum absolute atomic E-state index is 0.276. The minimum Gasteiger partial charge on any atom is -0.492 e. The molecule has 7 heteroatoms. The first-order valence-corrected chi connectivity index (χ1v) is 11.1. The number of benzene rings is 1. The fourth-order valence-corrected chi connectivity index (χ4v) is 5.31. The van der Waals surface area contributed by atoms with Gasteiger partial charge in [-0.15, -0.1) is 6.58 Å². The van der Waals surface area contributed by atoms with E-state index in [4.69, 9.17) is 4.74 Å². The first kappa shape index (κ1) is 20.3. The zero-order valence-corrected chi connectivity index (χ0v) is 17.2. The van der Waals surface area contributed by atoms with Crippen LogP contribution in [-0.2, 0) is 9.84 Å².